The van der Waals surface area contributed by atoms with Crippen LogP contribution in [-0.4, -0.2) is 23.6 Å². The van der Waals surface area contributed by atoms with Crippen molar-refractivity contribution >= 4 is 40.1 Å². The molecule has 3 atom stereocenters. The van der Waals surface area contributed by atoms with Crippen LogP contribution in [0.15, 0.2) is 103 Å². The number of ether oxygens (including phenoxy) is 1. The number of anilines is 1. The van der Waals surface area contributed by atoms with Crippen LogP contribution in [0.5, 0.6) is 0 Å². The third-order valence-corrected chi connectivity index (χ3v) is 9.23. The first-order valence-electron chi connectivity index (χ1n) is 13.8. The van der Waals surface area contributed by atoms with Gasteiger partial charge in [0.2, 0.25) is 5.91 Å². The summed E-state index contributed by atoms with van der Waals surface area (Å²) in [4.78, 5) is 30.9. The van der Waals surface area contributed by atoms with E-state index in [9.17, 15) is 4.79 Å². The number of hydrogen-bond donors (Lipinski definition) is 0. The Morgan fingerprint density at radius 3 is 2.37 bits per heavy atom. The summed E-state index contributed by atoms with van der Waals surface area (Å²) < 4.78 is 7.60. The number of carbonyl (C=O) groups is 2. The van der Waals surface area contributed by atoms with Crippen molar-refractivity contribution in [3.05, 3.63) is 136 Å². The molecule has 2 aliphatic rings. The van der Waals surface area contributed by atoms with Crippen molar-refractivity contribution in [2.75, 3.05) is 12.0 Å². The first-order valence-corrected chi connectivity index (χ1v) is 14.2. The first kappa shape index (κ1) is 25.6. The lowest BCUT2D eigenvalue weighted by Crippen LogP contribution is -2.53. The number of methoxy groups -OCH3 is 1. The lowest BCUT2D eigenvalue weighted by Gasteiger charge is -2.43. The average molecular weight is 561 g/mol. The predicted octanol–water partition coefficient (Wildman–Crippen LogP) is 6.99. The fraction of sp³-hybridized carbons (Fsp3) is 0.200. The molecule has 1 spiro atoms. The number of halogens is 1. The highest BCUT2D eigenvalue weighted by Crippen LogP contribution is 2.60. The number of carbonyl (C=O) groups excluding carboxylic acids is 2. The molecule has 7 rings (SSSR count). The third-order valence-electron chi connectivity index (χ3n) is 8.99. The molecule has 0 N–H and O–H groups in total. The summed E-state index contributed by atoms with van der Waals surface area (Å²) in [5, 5.41) is 1.60. The second-order valence-corrected chi connectivity index (χ2v) is 11.4. The van der Waals surface area contributed by atoms with E-state index in [4.69, 9.17) is 16.3 Å². The predicted molar refractivity (Wildman–Crippen MR) is 161 cm³/mol. The third kappa shape index (κ3) is 3.62. The molecule has 1 amide bonds. The summed E-state index contributed by atoms with van der Waals surface area (Å²) in [5.74, 6) is -1.40. The van der Waals surface area contributed by atoms with E-state index >= 15 is 4.79 Å². The minimum absolute atomic E-state index is 0.106. The molecule has 5 aromatic rings. The Balaban J connectivity index is 1.58. The Hall–Kier alpha value is -4.35. The fourth-order valence-corrected chi connectivity index (χ4v) is 7.51. The van der Waals surface area contributed by atoms with Crippen molar-refractivity contribution in [2.24, 2.45) is 13.0 Å². The molecule has 0 bridgehead atoms. The summed E-state index contributed by atoms with van der Waals surface area (Å²) in [7, 11) is 3.41. The number of benzene rings is 4. The lowest BCUT2D eigenvalue weighted by molar-refractivity contribution is -0.151. The van der Waals surface area contributed by atoms with Crippen LogP contribution < -0.4 is 4.90 Å². The molecule has 5 nitrogen and oxygen atoms in total. The molecule has 6 heteroatoms. The molecule has 1 aliphatic carbocycles. The molecule has 0 saturated carbocycles. The Bertz CT molecular complexity index is 1810. The van der Waals surface area contributed by atoms with E-state index < -0.39 is 17.3 Å². The molecule has 4 aromatic carbocycles. The summed E-state index contributed by atoms with van der Waals surface area (Å²) in [5.41, 5.74) is 5.24. The largest absolute Gasteiger partial charge is 0.469 e. The van der Waals surface area contributed by atoms with Crippen LogP contribution in [0.4, 0.5) is 5.69 Å². The monoisotopic (exact) mass is 560 g/mol. The smallest absolute Gasteiger partial charge is 0.310 e. The number of nitrogens with zero attached hydrogens (tertiary/aromatic N) is 2. The molecule has 204 valence electrons. The Kier molecular flexibility index (Phi) is 6.02. The first-order chi connectivity index (χ1) is 20.0. The molecule has 1 aliphatic heterocycles. The highest BCUT2D eigenvalue weighted by Gasteiger charge is 2.64. The number of aromatic nitrogens is 1. The molecule has 0 radical (unpaired) electrons. The van der Waals surface area contributed by atoms with Gasteiger partial charge in [-0.25, -0.2) is 0 Å². The number of amides is 1. The zero-order valence-electron chi connectivity index (χ0n) is 22.9. The summed E-state index contributed by atoms with van der Waals surface area (Å²) in [6, 6.07) is 34.0. The normalized spacial score (nSPS) is 21.2. The van der Waals surface area contributed by atoms with Gasteiger partial charge < -0.3 is 14.2 Å². The molecular formula is C35H29ClN2O3. The topological polar surface area (TPSA) is 51.5 Å². The molecular weight excluding hydrogens is 532 g/mol. The number of rotatable bonds is 4. The SMILES string of the molecule is COC(=O)C1CC(c2ccccc2)c2c(n(C)c3ccccc23)C12C(=O)N(Cc1ccccc1)c1ccc(Cl)cc12. The quantitative estimate of drug-likeness (QED) is 0.223. The van der Waals surface area contributed by atoms with Crippen LogP contribution in [0.25, 0.3) is 10.9 Å². The summed E-state index contributed by atoms with van der Waals surface area (Å²) >= 11 is 6.66. The van der Waals surface area contributed by atoms with Gasteiger partial charge in [0.1, 0.15) is 5.41 Å². The van der Waals surface area contributed by atoms with E-state index in [1.807, 2.05) is 90.8 Å². The van der Waals surface area contributed by atoms with E-state index in [1.165, 1.54) is 7.11 Å². The van der Waals surface area contributed by atoms with Crippen molar-refractivity contribution in [1.29, 1.82) is 0 Å². The zero-order chi connectivity index (χ0) is 28.3. The summed E-state index contributed by atoms with van der Waals surface area (Å²) in [6.07, 6.45) is 0.425. The van der Waals surface area contributed by atoms with Gasteiger partial charge in [0, 0.05) is 40.3 Å². The van der Waals surface area contributed by atoms with Gasteiger partial charge in [-0.05, 0) is 52.9 Å². The standard InChI is InChI=1S/C35H29ClN2O3/c1-37-29-16-10-9-15-25(29)31-26(23-13-7-4-8-14-23)20-28(33(39)41-2)35(32(31)37)27-19-24(36)17-18-30(27)38(34(35)40)21-22-11-5-3-6-12-22/h3-19,26,28H,20-21H2,1-2H3. The Morgan fingerprint density at radius 1 is 0.951 bits per heavy atom. The second-order valence-electron chi connectivity index (χ2n) is 11.0. The van der Waals surface area contributed by atoms with Gasteiger partial charge in [-0.2, -0.15) is 0 Å². The van der Waals surface area contributed by atoms with Crippen LogP contribution in [-0.2, 0) is 33.3 Å². The van der Waals surface area contributed by atoms with Crippen molar-refractivity contribution in [3.8, 4) is 0 Å². The zero-order valence-corrected chi connectivity index (χ0v) is 23.6. The number of aryl methyl sites for hydroxylation is 1. The Labute approximate surface area is 243 Å². The van der Waals surface area contributed by atoms with Crippen LogP contribution in [0.1, 0.15) is 40.3 Å². The van der Waals surface area contributed by atoms with Crippen LogP contribution in [0.3, 0.4) is 0 Å². The molecule has 2 heterocycles. The van der Waals surface area contributed by atoms with E-state index in [0.717, 1.165) is 44.5 Å². The number of hydrogen-bond acceptors (Lipinski definition) is 3. The van der Waals surface area contributed by atoms with E-state index in [0.29, 0.717) is 18.0 Å². The Morgan fingerprint density at radius 2 is 1.63 bits per heavy atom. The minimum atomic E-state index is -1.31. The van der Waals surface area contributed by atoms with Crippen molar-refractivity contribution in [2.45, 2.75) is 24.3 Å². The van der Waals surface area contributed by atoms with Crippen molar-refractivity contribution in [3.63, 3.8) is 0 Å². The van der Waals surface area contributed by atoms with Gasteiger partial charge in [0.05, 0.1) is 19.6 Å². The van der Waals surface area contributed by atoms with Gasteiger partial charge in [0.25, 0.3) is 0 Å². The van der Waals surface area contributed by atoms with Gasteiger partial charge in [-0.1, -0.05) is 90.5 Å². The highest BCUT2D eigenvalue weighted by atomic mass is 35.5. The second kappa shape index (κ2) is 9.64. The molecule has 41 heavy (non-hydrogen) atoms. The van der Waals surface area contributed by atoms with Crippen LogP contribution in [0, 0.1) is 5.92 Å². The summed E-state index contributed by atoms with van der Waals surface area (Å²) in [6.45, 7) is 0.380. The van der Waals surface area contributed by atoms with Gasteiger partial charge in [-0.3, -0.25) is 9.59 Å². The van der Waals surface area contributed by atoms with Gasteiger partial charge >= 0.3 is 5.97 Å². The molecule has 1 aromatic heterocycles. The molecule has 3 unspecified atom stereocenters. The van der Waals surface area contributed by atoms with E-state index in [2.05, 4.69) is 28.8 Å². The lowest BCUT2D eigenvalue weighted by atomic mass is 9.58. The van der Waals surface area contributed by atoms with Crippen LogP contribution >= 0.6 is 11.6 Å². The minimum Gasteiger partial charge on any atom is -0.469 e. The number of para-hydroxylation sites is 1. The highest BCUT2D eigenvalue weighted by molar-refractivity contribution is 6.31. The number of esters is 1. The average Bonchev–Trinajstić information content (AvgIpc) is 3.43. The van der Waals surface area contributed by atoms with Gasteiger partial charge in [-0.15, -0.1) is 0 Å². The fourth-order valence-electron chi connectivity index (χ4n) is 7.34. The maximum Gasteiger partial charge on any atom is 0.310 e. The maximum atomic E-state index is 15.2. The van der Waals surface area contributed by atoms with Crippen molar-refractivity contribution in [1.82, 2.24) is 4.57 Å². The number of fused-ring (bicyclic) bond motifs is 6. The van der Waals surface area contributed by atoms with E-state index in [1.54, 1.807) is 0 Å². The van der Waals surface area contributed by atoms with E-state index in [-0.39, 0.29) is 11.8 Å². The van der Waals surface area contributed by atoms with Crippen LogP contribution in [0.2, 0.25) is 5.02 Å². The van der Waals surface area contributed by atoms with Crippen molar-refractivity contribution < 1.29 is 14.3 Å². The maximum absolute atomic E-state index is 15.2. The molecule has 0 fully saturated rings. The van der Waals surface area contributed by atoms with Gasteiger partial charge in [0.15, 0.2) is 0 Å². The molecule has 0 saturated heterocycles.